The fraction of sp³-hybridized carbons (Fsp3) is 0. The Morgan fingerprint density at radius 2 is 1.90 bits per heavy atom. The SMILES string of the molecule is Nc1c(Cl)ccc(O)c1Cl. The van der Waals surface area contributed by atoms with Gasteiger partial charge in [0.15, 0.2) is 0 Å². The highest BCUT2D eigenvalue weighted by Crippen LogP contribution is 2.34. The summed E-state index contributed by atoms with van der Waals surface area (Å²) in [6, 6.07) is 2.87. The van der Waals surface area contributed by atoms with Crippen molar-refractivity contribution in [1.82, 2.24) is 0 Å². The molecule has 2 nitrogen and oxygen atoms in total. The summed E-state index contributed by atoms with van der Waals surface area (Å²) >= 11 is 11.1. The molecular weight excluding hydrogens is 173 g/mol. The van der Waals surface area contributed by atoms with E-state index in [0.717, 1.165) is 0 Å². The van der Waals surface area contributed by atoms with Crippen LogP contribution in [0.3, 0.4) is 0 Å². The Hall–Kier alpha value is -0.600. The van der Waals surface area contributed by atoms with E-state index in [1.165, 1.54) is 12.1 Å². The Morgan fingerprint density at radius 3 is 2.40 bits per heavy atom. The van der Waals surface area contributed by atoms with Gasteiger partial charge in [-0.2, -0.15) is 0 Å². The highest BCUT2D eigenvalue weighted by Gasteiger charge is 2.04. The van der Waals surface area contributed by atoms with Crippen LogP contribution >= 0.6 is 23.2 Å². The van der Waals surface area contributed by atoms with Gasteiger partial charge in [-0.3, -0.25) is 0 Å². The van der Waals surface area contributed by atoms with Crippen LogP contribution in [0.25, 0.3) is 0 Å². The number of anilines is 1. The van der Waals surface area contributed by atoms with Crippen LogP contribution in [0.5, 0.6) is 5.75 Å². The maximum atomic E-state index is 8.95. The predicted octanol–water partition coefficient (Wildman–Crippen LogP) is 2.28. The lowest BCUT2D eigenvalue weighted by atomic mass is 10.3. The second kappa shape index (κ2) is 2.56. The van der Waals surface area contributed by atoms with Crippen molar-refractivity contribution >= 4 is 28.9 Å². The third-order valence-electron chi connectivity index (χ3n) is 1.11. The molecular formula is C6H5Cl2NO. The van der Waals surface area contributed by atoms with Gasteiger partial charge in [0.05, 0.1) is 10.7 Å². The number of halogens is 2. The molecule has 0 aliphatic rings. The quantitative estimate of drug-likeness (QED) is 0.598. The van der Waals surface area contributed by atoms with E-state index < -0.39 is 0 Å². The Kier molecular flexibility index (Phi) is 1.92. The van der Waals surface area contributed by atoms with Gasteiger partial charge in [-0.25, -0.2) is 0 Å². The van der Waals surface area contributed by atoms with E-state index in [1.807, 2.05) is 0 Å². The van der Waals surface area contributed by atoms with E-state index in [1.54, 1.807) is 0 Å². The second-order valence-corrected chi connectivity index (χ2v) is 2.58. The molecule has 4 heteroatoms. The minimum atomic E-state index is -0.0523. The van der Waals surface area contributed by atoms with E-state index in [-0.39, 0.29) is 16.5 Å². The lowest BCUT2D eigenvalue weighted by Gasteiger charge is -2.01. The van der Waals surface area contributed by atoms with Gasteiger partial charge in [0.2, 0.25) is 0 Å². The maximum Gasteiger partial charge on any atom is 0.136 e. The number of phenolic OH excluding ortho intramolecular Hbond substituents is 1. The molecule has 0 heterocycles. The number of phenols is 1. The van der Waals surface area contributed by atoms with Crippen molar-refractivity contribution in [2.24, 2.45) is 0 Å². The van der Waals surface area contributed by atoms with Crippen molar-refractivity contribution < 1.29 is 5.11 Å². The summed E-state index contributed by atoms with van der Waals surface area (Å²) in [6.07, 6.45) is 0. The molecule has 54 valence electrons. The molecule has 0 saturated carbocycles. The zero-order chi connectivity index (χ0) is 7.72. The summed E-state index contributed by atoms with van der Waals surface area (Å²) in [5.74, 6) is -0.0523. The van der Waals surface area contributed by atoms with Gasteiger partial charge >= 0.3 is 0 Å². The van der Waals surface area contributed by atoms with E-state index in [2.05, 4.69) is 0 Å². The van der Waals surface area contributed by atoms with E-state index in [0.29, 0.717) is 5.02 Å². The molecule has 3 N–H and O–H groups in total. The molecule has 0 atom stereocenters. The average Bonchev–Trinajstić information content (AvgIpc) is 1.93. The molecule has 0 radical (unpaired) electrons. The Labute approximate surface area is 68.2 Å². The normalized spacial score (nSPS) is 9.80. The van der Waals surface area contributed by atoms with Crippen LogP contribution in [0, 0.1) is 0 Å². The highest BCUT2D eigenvalue weighted by molar-refractivity contribution is 6.39. The molecule has 1 aromatic carbocycles. The first-order valence-corrected chi connectivity index (χ1v) is 3.31. The number of nitrogen functional groups attached to an aromatic ring is 1. The van der Waals surface area contributed by atoms with Crippen molar-refractivity contribution in [2.45, 2.75) is 0 Å². The van der Waals surface area contributed by atoms with E-state index >= 15 is 0 Å². The second-order valence-electron chi connectivity index (χ2n) is 1.79. The van der Waals surface area contributed by atoms with Crippen molar-refractivity contribution in [2.75, 3.05) is 5.73 Å². The lowest BCUT2D eigenvalue weighted by molar-refractivity contribution is 0.476. The van der Waals surface area contributed by atoms with Crippen LogP contribution in [0.1, 0.15) is 0 Å². The standard InChI is InChI=1S/C6H5Cl2NO/c7-3-1-2-4(10)5(8)6(3)9/h1-2,10H,9H2. The van der Waals surface area contributed by atoms with Crippen LogP contribution in [-0.4, -0.2) is 5.11 Å². The number of nitrogens with two attached hydrogens (primary N) is 1. The van der Waals surface area contributed by atoms with Crippen LogP contribution in [0.15, 0.2) is 12.1 Å². The summed E-state index contributed by atoms with van der Waals surface area (Å²) in [7, 11) is 0. The van der Waals surface area contributed by atoms with Gasteiger partial charge in [0.25, 0.3) is 0 Å². The van der Waals surface area contributed by atoms with Crippen LogP contribution in [0.4, 0.5) is 5.69 Å². The minimum Gasteiger partial charge on any atom is -0.506 e. The lowest BCUT2D eigenvalue weighted by Crippen LogP contribution is -1.86. The number of rotatable bonds is 0. The van der Waals surface area contributed by atoms with Crippen LogP contribution in [0.2, 0.25) is 10.0 Å². The molecule has 0 aliphatic heterocycles. The van der Waals surface area contributed by atoms with Crippen molar-refractivity contribution in [3.63, 3.8) is 0 Å². The minimum absolute atomic E-state index is 0.0523. The fourth-order valence-corrected chi connectivity index (χ4v) is 0.929. The summed E-state index contributed by atoms with van der Waals surface area (Å²) in [5.41, 5.74) is 5.57. The Morgan fingerprint density at radius 1 is 1.30 bits per heavy atom. The molecule has 0 bridgehead atoms. The average molecular weight is 178 g/mol. The largest absolute Gasteiger partial charge is 0.506 e. The number of hydrogen-bond acceptors (Lipinski definition) is 2. The van der Waals surface area contributed by atoms with Gasteiger partial charge in [-0.1, -0.05) is 23.2 Å². The molecule has 0 aliphatic carbocycles. The monoisotopic (exact) mass is 177 g/mol. The van der Waals surface area contributed by atoms with Gasteiger partial charge in [-0.15, -0.1) is 0 Å². The number of aromatic hydroxyl groups is 1. The summed E-state index contributed by atoms with van der Waals surface area (Å²) < 4.78 is 0. The van der Waals surface area contributed by atoms with Gasteiger partial charge in [-0.05, 0) is 12.1 Å². The number of benzene rings is 1. The van der Waals surface area contributed by atoms with E-state index in [9.17, 15) is 0 Å². The molecule has 0 aromatic heterocycles. The topological polar surface area (TPSA) is 46.2 Å². The summed E-state index contributed by atoms with van der Waals surface area (Å²) in [4.78, 5) is 0. The van der Waals surface area contributed by atoms with E-state index in [4.69, 9.17) is 34.0 Å². The van der Waals surface area contributed by atoms with Crippen molar-refractivity contribution in [3.05, 3.63) is 22.2 Å². The molecule has 10 heavy (non-hydrogen) atoms. The third-order valence-corrected chi connectivity index (χ3v) is 1.83. The van der Waals surface area contributed by atoms with Gasteiger partial charge in [0.1, 0.15) is 10.8 Å². The molecule has 0 spiro atoms. The highest BCUT2D eigenvalue weighted by atomic mass is 35.5. The van der Waals surface area contributed by atoms with Crippen molar-refractivity contribution in [1.29, 1.82) is 0 Å². The molecule has 1 aromatic rings. The molecule has 0 amide bonds. The smallest absolute Gasteiger partial charge is 0.136 e. The molecule has 0 fully saturated rings. The third kappa shape index (κ3) is 1.13. The Balaban J connectivity index is 3.34. The molecule has 0 unspecified atom stereocenters. The number of hydrogen-bond donors (Lipinski definition) is 2. The van der Waals surface area contributed by atoms with Gasteiger partial charge in [0, 0.05) is 0 Å². The molecule has 0 saturated heterocycles. The summed E-state index contributed by atoms with van der Waals surface area (Å²) in [5, 5.41) is 9.41. The zero-order valence-corrected chi connectivity index (χ0v) is 6.45. The maximum absolute atomic E-state index is 8.95. The Bertz CT molecular complexity index is 235. The first kappa shape index (κ1) is 7.51. The van der Waals surface area contributed by atoms with Crippen LogP contribution < -0.4 is 5.73 Å². The van der Waals surface area contributed by atoms with Crippen molar-refractivity contribution in [3.8, 4) is 5.75 Å². The fourth-order valence-electron chi connectivity index (χ4n) is 0.558. The first-order chi connectivity index (χ1) is 4.63. The zero-order valence-electron chi connectivity index (χ0n) is 4.94. The van der Waals surface area contributed by atoms with Crippen LogP contribution in [-0.2, 0) is 0 Å². The predicted molar refractivity (Wildman–Crippen MR) is 42.5 cm³/mol. The van der Waals surface area contributed by atoms with Gasteiger partial charge < -0.3 is 10.8 Å². The first-order valence-electron chi connectivity index (χ1n) is 2.55. The summed E-state index contributed by atoms with van der Waals surface area (Å²) in [6.45, 7) is 0. The molecule has 1 rings (SSSR count).